The van der Waals surface area contributed by atoms with Crippen LogP contribution < -0.4 is 0 Å². The molecule has 0 N–H and O–H groups in total. The van der Waals surface area contributed by atoms with E-state index in [1.54, 1.807) is 12.1 Å². The van der Waals surface area contributed by atoms with Gasteiger partial charge in [-0.1, -0.05) is 44.2 Å². The highest BCUT2D eigenvalue weighted by Crippen LogP contribution is 2.39. The van der Waals surface area contributed by atoms with E-state index in [0.717, 1.165) is 23.1 Å². The van der Waals surface area contributed by atoms with Gasteiger partial charge >= 0.3 is 5.97 Å². The topological polar surface area (TPSA) is 73.9 Å². The fourth-order valence-corrected chi connectivity index (χ4v) is 2.94. The number of nitriles is 2. The molecule has 0 bridgehead atoms. The molecule has 0 radical (unpaired) electrons. The van der Waals surface area contributed by atoms with E-state index in [0.29, 0.717) is 12.0 Å². The Bertz CT molecular complexity index is 825. The third kappa shape index (κ3) is 4.68. The highest BCUT2D eigenvalue weighted by molar-refractivity contribution is 5.89. The quantitative estimate of drug-likeness (QED) is 0.600. The molecule has 4 nitrogen and oxygen atoms in total. The zero-order valence-corrected chi connectivity index (χ0v) is 14.7. The minimum absolute atomic E-state index is 0.00253. The van der Waals surface area contributed by atoms with Crippen LogP contribution in [0.1, 0.15) is 42.6 Å². The van der Waals surface area contributed by atoms with E-state index in [1.165, 1.54) is 7.11 Å². The van der Waals surface area contributed by atoms with Crippen molar-refractivity contribution < 1.29 is 9.53 Å². The summed E-state index contributed by atoms with van der Waals surface area (Å²) in [4.78, 5) is 11.5. The Morgan fingerprint density at radius 2 is 1.76 bits per heavy atom. The van der Waals surface area contributed by atoms with Crippen molar-refractivity contribution in [3.8, 4) is 12.1 Å². The smallest absolute Gasteiger partial charge is 0.337 e. The molecular formula is C21H20N2O2. The maximum absolute atomic E-state index is 11.5. The van der Waals surface area contributed by atoms with Crippen molar-refractivity contribution in [3.63, 3.8) is 0 Å². The van der Waals surface area contributed by atoms with Gasteiger partial charge in [0.2, 0.25) is 0 Å². The minimum atomic E-state index is -0.359. The first-order valence-electron chi connectivity index (χ1n) is 7.99. The molecule has 0 aliphatic heterocycles. The number of carbonyl (C=O) groups excluding carboxylic acids is 1. The molecule has 2 rings (SSSR count). The maximum Gasteiger partial charge on any atom is 0.337 e. The Morgan fingerprint density at radius 3 is 2.32 bits per heavy atom. The molecule has 1 aromatic rings. The van der Waals surface area contributed by atoms with E-state index in [1.807, 2.05) is 42.5 Å². The average molecular weight is 332 g/mol. The molecule has 0 saturated heterocycles. The van der Waals surface area contributed by atoms with Crippen LogP contribution in [0.3, 0.4) is 0 Å². The van der Waals surface area contributed by atoms with Crippen molar-refractivity contribution in [2.24, 2.45) is 5.41 Å². The van der Waals surface area contributed by atoms with Crippen molar-refractivity contribution in [1.82, 2.24) is 0 Å². The number of nitrogens with zero attached hydrogens (tertiary/aromatic N) is 2. The molecule has 0 atom stereocenters. The molecule has 0 unspecified atom stereocenters. The van der Waals surface area contributed by atoms with Crippen molar-refractivity contribution in [2.45, 2.75) is 26.7 Å². The lowest BCUT2D eigenvalue weighted by Crippen LogP contribution is -2.17. The second-order valence-electron chi connectivity index (χ2n) is 6.81. The second-order valence-corrected chi connectivity index (χ2v) is 6.81. The third-order valence-corrected chi connectivity index (χ3v) is 4.08. The summed E-state index contributed by atoms with van der Waals surface area (Å²) in [6, 6.07) is 11.1. The lowest BCUT2D eigenvalue weighted by molar-refractivity contribution is 0.0600. The Hall–Kier alpha value is -3.11. The van der Waals surface area contributed by atoms with Crippen LogP contribution in [0.15, 0.2) is 53.1 Å². The van der Waals surface area contributed by atoms with Gasteiger partial charge in [0.25, 0.3) is 0 Å². The summed E-state index contributed by atoms with van der Waals surface area (Å²) in [5, 5.41) is 18.2. The first kappa shape index (κ1) is 18.2. The highest BCUT2D eigenvalue weighted by Gasteiger charge is 2.26. The summed E-state index contributed by atoms with van der Waals surface area (Å²) in [7, 11) is 1.36. The number of hydrogen-bond acceptors (Lipinski definition) is 4. The van der Waals surface area contributed by atoms with E-state index in [2.05, 4.69) is 18.6 Å². The van der Waals surface area contributed by atoms with E-state index in [9.17, 15) is 4.79 Å². The summed E-state index contributed by atoms with van der Waals surface area (Å²) in [6.07, 6.45) is 7.49. The molecule has 25 heavy (non-hydrogen) atoms. The number of esters is 1. The van der Waals surface area contributed by atoms with Crippen LogP contribution in [0.4, 0.5) is 0 Å². The molecule has 0 fully saturated rings. The normalized spacial score (nSPS) is 15.9. The number of hydrogen-bond donors (Lipinski definition) is 0. The molecule has 1 aliphatic carbocycles. The van der Waals surface area contributed by atoms with Gasteiger partial charge in [0, 0.05) is 0 Å². The molecule has 1 aliphatic rings. The highest BCUT2D eigenvalue weighted by atomic mass is 16.5. The van der Waals surface area contributed by atoms with Crippen LogP contribution in [0.25, 0.3) is 6.08 Å². The number of methoxy groups -OCH3 is 1. The number of allylic oxidation sites excluding steroid dienone is 5. The second kappa shape index (κ2) is 7.64. The van der Waals surface area contributed by atoms with Crippen molar-refractivity contribution in [1.29, 1.82) is 10.5 Å². The largest absolute Gasteiger partial charge is 0.465 e. The predicted octanol–water partition coefficient (Wildman–Crippen LogP) is 4.58. The molecular weight excluding hydrogens is 312 g/mol. The zero-order chi connectivity index (χ0) is 18.4. The molecule has 0 heterocycles. The predicted molar refractivity (Wildman–Crippen MR) is 96.2 cm³/mol. The summed E-state index contributed by atoms with van der Waals surface area (Å²) in [5.74, 6) is -0.359. The maximum atomic E-state index is 11.5. The number of carbonyl (C=O) groups is 1. The monoisotopic (exact) mass is 332 g/mol. The fourth-order valence-electron chi connectivity index (χ4n) is 2.94. The number of ether oxygens (including phenoxy) is 1. The van der Waals surface area contributed by atoms with Gasteiger partial charge < -0.3 is 4.74 Å². The molecule has 0 saturated carbocycles. The summed E-state index contributed by atoms with van der Waals surface area (Å²) in [5.41, 5.74) is 3.52. The van der Waals surface area contributed by atoms with Crippen LogP contribution >= 0.6 is 0 Å². The van der Waals surface area contributed by atoms with Crippen LogP contribution in [0.5, 0.6) is 0 Å². The van der Waals surface area contributed by atoms with Gasteiger partial charge in [-0.05, 0) is 47.1 Å². The van der Waals surface area contributed by atoms with Crippen LogP contribution in [-0.2, 0) is 4.74 Å². The average Bonchev–Trinajstić information content (AvgIpc) is 2.59. The molecule has 0 amide bonds. The van der Waals surface area contributed by atoms with E-state index in [4.69, 9.17) is 10.5 Å². The van der Waals surface area contributed by atoms with Crippen LogP contribution in [-0.4, -0.2) is 13.1 Å². The van der Waals surface area contributed by atoms with Crippen LogP contribution in [0, 0.1) is 28.1 Å². The van der Waals surface area contributed by atoms with Gasteiger partial charge in [-0.2, -0.15) is 10.5 Å². The lowest BCUT2D eigenvalue weighted by Gasteiger charge is -2.30. The molecule has 0 spiro atoms. The van der Waals surface area contributed by atoms with Crippen molar-refractivity contribution >= 4 is 12.0 Å². The number of rotatable bonds is 3. The Balaban J connectivity index is 2.27. The van der Waals surface area contributed by atoms with Crippen molar-refractivity contribution in [2.75, 3.05) is 7.11 Å². The van der Waals surface area contributed by atoms with Gasteiger partial charge in [0.05, 0.1) is 12.7 Å². The van der Waals surface area contributed by atoms with E-state index < -0.39 is 0 Å². The fraction of sp³-hybridized carbons (Fsp3) is 0.286. The summed E-state index contributed by atoms with van der Waals surface area (Å²) < 4.78 is 4.69. The Labute approximate surface area is 148 Å². The van der Waals surface area contributed by atoms with Gasteiger partial charge in [-0.15, -0.1) is 0 Å². The van der Waals surface area contributed by atoms with Gasteiger partial charge in [0.1, 0.15) is 17.7 Å². The molecule has 126 valence electrons. The van der Waals surface area contributed by atoms with E-state index in [-0.39, 0.29) is 17.0 Å². The molecule has 0 aromatic heterocycles. The van der Waals surface area contributed by atoms with E-state index >= 15 is 0 Å². The first-order chi connectivity index (χ1) is 11.9. The Kier molecular flexibility index (Phi) is 5.57. The SMILES string of the molecule is COC(=O)c1ccc(/C=C/C2=CC(=C(C#N)C#N)CC(C)(C)C2)cc1. The summed E-state index contributed by atoms with van der Waals surface area (Å²) in [6.45, 7) is 4.26. The minimum Gasteiger partial charge on any atom is -0.465 e. The van der Waals surface area contributed by atoms with Gasteiger partial charge in [-0.3, -0.25) is 0 Å². The first-order valence-corrected chi connectivity index (χ1v) is 7.99. The Morgan fingerprint density at radius 1 is 1.12 bits per heavy atom. The van der Waals surface area contributed by atoms with Gasteiger partial charge in [-0.25, -0.2) is 4.79 Å². The third-order valence-electron chi connectivity index (χ3n) is 4.08. The van der Waals surface area contributed by atoms with Crippen molar-refractivity contribution in [3.05, 3.63) is 64.3 Å². The van der Waals surface area contributed by atoms with Crippen LogP contribution in [0.2, 0.25) is 0 Å². The lowest BCUT2D eigenvalue weighted by atomic mass is 9.74. The van der Waals surface area contributed by atoms with Gasteiger partial charge in [0.15, 0.2) is 0 Å². The molecule has 1 aromatic carbocycles. The standard InChI is InChI=1S/C21H20N2O2/c1-21(2)11-16(10-18(12-21)19(13-22)14-23)5-4-15-6-8-17(9-7-15)20(24)25-3/h4-10H,11-12H2,1-3H3/b5-4+. The molecule has 4 heteroatoms. The zero-order valence-electron chi connectivity index (χ0n) is 14.7. The summed E-state index contributed by atoms with van der Waals surface area (Å²) >= 11 is 0. The number of benzene rings is 1.